The van der Waals surface area contributed by atoms with Crippen molar-refractivity contribution in [2.24, 2.45) is 11.3 Å². The molecule has 0 bridgehead atoms. The average molecular weight is 256 g/mol. The maximum absolute atomic E-state index is 2.48. The summed E-state index contributed by atoms with van der Waals surface area (Å²) in [6, 6.07) is 9.19. The Morgan fingerprint density at radius 1 is 1.05 bits per heavy atom. The molecule has 104 valence electrons. The third-order valence-electron chi connectivity index (χ3n) is 4.58. The zero-order valence-corrected chi connectivity index (χ0v) is 13.2. The third kappa shape index (κ3) is 3.49. The highest BCUT2D eigenvalue weighted by molar-refractivity contribution is 5.66. The molecule has 1 aliphatic rings. The largest absolute Gasteiger partial charge is 0.0804 e. The van der Waals surface area contributed by atoms with Gasteiger partial charge in [0, 0.05) is 0 Å². The summed E-state index contributed by atoms with van der Waals surface area (Å²) in [6.07, 6.45) is 6.29. The lowest BCUT2D eigenvalue weighted by atomic mass is 9.72. The van der Waals surface area contributed by atoms with E-state index in [1.165, 1.54) is 30.4 Å². The van der Waals surface area contributed by atoms with E-state index in [9.17, 15) is 0 Å². The van der Waals surface area contributed by atoms with E-state index in [1.54, 1.807) is 5.57 Å². The van der Waals surface area contributed by atoms with Crippen molar-refractivity contribution < 1.29 is 0 Å². The van der Waals surface area contributed by atoms with Crippen LogP contribution >= 0.6 is 0 Å². The second-order valence-electron chi connectivity index (χ2n) is 7.34. The number of benzene rings is 1. The zero-order chi connectivity index (χ0) is 14.0. The van der Waals surface area contributed by atoms with Gasteiger partial charge >= 0.3 is 0 Å². The normalized spacial score (nSPS) is 20.5. The van der Waals surface area contributed by atoms with E-state index in [0.717, 1.165) is 5.92 Å². The molecule has 2 rings (SSSR count). The maximum Gasteiger partial charge on any atom is -0.0219 e. The van der Waals surface area contributed by atoms with Crippen molar-refractivity contribution in [1.29, 1.82) is 0 Å². The Hall–Kier alpha value is -1.04. The first kappa shape index (κ1) is 14.4. The fourth-order valence-corrected chi connectivity index (χ4v) is 2.97. The number of hydrogen-bond acceptors (Lipinski definition) is 0. The van der Waals surface area contributed by atoms with Crippen molar-refractivity contribution in [3.63, 3.8) is 0 Å². The van der Waals surface area contributed by atoms with Gasteiger partial charge in [0.05, 0.1) is 0 Å². The van der Waals surface area contributed by atoms with Crippen LogP contribution in [-0.2, 0) is 0 Å². The second-order valence-corrected chi connectivity index (χ2v) is 7.34. The van der Waals surface area contributed by atoms with Crippen LogP contribution < -0.4 is 0 Å². The van der Waals surface area contributed by atoms with Gasteiger partial charge in [0.15, 0.2) is 0 Å². The SMILES string of the molecule is CC(C)c1ccc(C2=CC[C@@H](C(C)(C)C)CC2)cc1. The first-order chi connectivity index (χ1) is 8.88. The van der Waals surface area contributed by atoms with E-state index < -0.39 is 0 Å². The molecule has 0 fully saturated rings. The molecular formula is C19H28. The van der Waals surface area contributed by atoms with Gasteiger partial charge in [-0.25, -0.2) is 0 Å². The Morgan fingerprint density at radius 2 is 1.68 bits per heavy atom. The molecule has 0 heteroatoms. The van der Waals surface area contributed by atoms with Crippen LogP contribution in [0.1, 0.15) is 70.9 Å². The van der Waals surface area contributed by atoms with Gasteiger partial charge in [0.1, 0.15) is 0 Å². The molecule has 0 saturated heterocycles. The van der Waals surface area contributed by atoms with Crippen molar-refractivity contribution in [1.82, 2.24) is 0 Å². The van der Waals surface area contributed by atoms with Crippen LogP contribution in [0.5, 0.6) is 0 Å². The van der Waals surface area contributed by atoms with Gasteiger partial charge in [-0.1, -0.05) is 65.0 Å². The predicted octanol–water partition coefficient (Wildman–Crippen LogP) is 6.04. The number of allylic oxidation sites excluding steroid dienone is 2. The lowest BCUT2D eigenvalue weighted by molar-refractivity contribution is 0.225. The molecule has 0 nitrogen and oxygen atoms in total. The standard InChI is InChI=1S/C19H28/c1-14(2)15-6-8-16(9-7-15)17-10-12-18(13-11-17)19(3,4)5/h6-10,14,18H,11-13H2,1-5H3/t18-/m1/s1. The molecule has 1 aromatic rings. The Labute approximate surface area is 118 Å². The first-order valence-electron chi connectivity index (χ1n) is 7.67. The van der Waals surface area contributed by atoms with Crippen LogP contribution in [-0.4, -0.2) is 0 Å². The number of hydrogen-bond donors (Lipinski definition) is 0. The summed E-state index contributed by atoms with van der Waals surface area (Å²) in [5, 5.41) is 0. The fraction of sp³-hybridized carbons (Fsp3) is 0.579. The minimum atomic E-state index is 0.448. The predicted molar refractivity (Wildman–Crippen MR) is 85.3 cm³/mol. The summed E-state index contributed by atoms with van der Waals surface area (Å²) in [4.78, 5) is 0. The molecule has 0 aromatic heterocycles. The van der Waals surface area contributed by atoms with E-state index in [1.807, 2.05) is 0 Å². The first-order valence-corrected chi connectivity index (χ1v) is 7.67. The molecule has 0 unspecified atom stereocenters. The fourth-order valence-electron chi connectivity index (χ4n) is 2.97. The van der Waals surface area contributed by atoms with Crippen LogP contribution in [0.25, 0.3) is 5.57 Å². The Kier molecular flexibility index (Phi) is 4.18. The summed E-state index contributed by atoms with van der Waals surface area (Å²) in [5.74, 6) is 1.46. The van der Waals surface area contributed by atoms with Crippen LogP contribution in [0.4, 0.5) is 0 Å². The van der Waals surface area contributed by atoms with Gasteiger partial charge in [-0.15, -0.1) is 0 Å². The molecule has 0 amide bonds. The average Bonchev–Trinajstić information content (AvgIpc) is 2.38. The summed E-state index contributed by atoms with van der Waals surface area (Å²) < 4.78 is 0. The third-order valence-corrected chi connectivity index (χ3v) is 4.58. The molecule has 0 aliphatic heterocycles. The lowest BCUT2D eigenvalue weighted by Gasteiger charge is -2.33. The Balaban J connectivity index is 2.10. The van der Waals surface area contributed by atoms with Gasteiger partial charge < -0.3 is 0 Å². The van der Waals surface area contributed by atoms with E-state index in [4.69, 9.17) is 0 Å². The second kappa shape index (κ2) is 5.53. The quantitative estimate of drug-likeness (QED) is 0.605. The molecule has 0 N–H and O–H groups in total. The van der Waals surface area contributed by atoms with E-state index in [0.29, 0.717) is 11.3 Å². The molecule has 1 atom stereocenters. The van der Waals surface area contributed by atoms with Gasteiger partial charge in [-0.05, 0) is 53.2 Å². The lowest BCUT2D eigenvalue weighted by Crippen LogP contribution is -2.21. The van der Waals surface area contributed by atoms with Crippen LogP contribution in [0.3, 0.4) is 0 Å². The van der Waals surface area contributed by atoms with Gasteiger partial charge in [0.25, 0.3) is 0 Å². The summed E-state index contributed by atoms with van der Waals surface area (Å²) in [6.45, 7) is 11.6. The Bertz CT molecular complexity index is 440. The van der Waals surface area contributed by atoms with Crippen molar-refractivity contribution in [3.05, 3.63) is 41.5 Å². The van der Waals surface area contributed by atoms with Crippen molar-refractivity contribution >= 4 is 5.57 Å². The summed E-state index contributed by atoms with van der Waals surface area (Å²) in [7, 11) is 0. The molecule has 19 heavy (non-hydrogen) atoms. The molecule has 1 aliphatic carbocycles. The minimum absolute atomic E-state index is 0.448. The van der Waals surface area contributed by atoms with Gasteiger partial charge in [-0.2, -0.15) is 0 Å². The highest BCUT2D eigenvalue weighted by atomic mass is 14.3. The molecule has 0 saturated carbocycles. The zero-order valence-electron chi connectivity index (χ0n) is 13.2. The summed E-state index contributed by atoms with van der Waals surface area (Å²) in [5.41, 5.74) is 4.86. The smallest absolute Gasteiger partial charge is 0.0219 e. The highest BCUT2D eigenvalue weighted by Crippen LogP contribution is 2.39. The molecule has 0 radical (unpaired) electrons. The van der Waals surface area contributed by atoms with Crippen LogP contribution in [0, 0.1) is 11.3 Å². The van der Waals surface area contributed by atoms with Crippen molar-refractivity contribution in [2.75, 3.05) is 0 Å². The minimum Gasteiger partial charge on any atom is -0.0804 e. The monoisotopic (exact) mass is 256 g/mol. The van der Waals surface area contributed by atoms with Gasteiger partial charge in [0.2, 0.25) is 0 Å². The van der Waals surface area contributed by atoms with E-state index in [-0.39, 0.29) is 0 Å². The molecular weight excluding hydrogens is 228 g/mol. The summed E-state index contributed by atoms with van der Waals surface area (Å²) >= 11 is 0. The van der Waals surface area contributed by atoms with Crippen LogP contribution in [0.2, 0.25) is 0 Å². The Morgan fingerprint density at radius 3 is 2.11 bits per heavy atom. The van der Waals surface area contributed by atoms with Crippen LogP contribution in [0.15, 0.2) is 30.3 Å². The molecule has 0 spiro atoms. The van der Waals surface area contributed by atoms with Crippen molar-refractivity contribution in [3.8, 4) is 0 Å². The van der Waals surface area contributed by atoms with Crippen molar-refractivity contribution in [2.45, 2.75) is 59.8 Å². The molecule has 0 heterocycles. The topological polar surface area (TPSA) is 0 Å². The maximum atomic E-state index is 2.48. The highest BCUT2D eigenvalue weighted by Gasteiger charge is 2.26. The van der Waals surface area contributed by atoms with Gasteiger partial charge in [-0.3, -0.25) is 0 Å². The van der Waals surface area contributed by atoms with E-state index in [2.05, 4.69) is 65.0 Å². The molecule has 1 aromatic carbocycles. The van der Waals surface area contributed by atoms with E-state index >= 15 is 0 Å². The number of rotatable bonds is 2.